The Hall–Kier alpha value is -3.23. The van der Waals surface area contributed by atoms with Crippen molar-refractivity contribution in [3.05, 3.63) is 36.3 Å². The van der Waals surface area contributed by atoms with E-state index in [2.05, 4.69) is 15.4 Å². The van der Waals surface area contributed by atoms with E-state index in [1.54, 1.807) is 30.6 Å². The molecule has 1 fully saturated rings. The Morgan fingerprint density at radius 2 is 2.22 bits per heavy atom. The number of ether oxygens (including phenoxy) is 1. The lowest BCUT2D eigenvalue weighted by Crippen LogP contribution is -2.34. The zero-order valence-corrected chi connectivity index (χ0v) is 14.6. The molecule has 9 heteroatoms. The van der Waals surface area contributed by atoms with Gasteiger partial charge in [0, 0.05) is 12.1 Å². The molecule has 0 radical (unpaired) electrons. The molecule has 1 aliphatic heterocycles. The van der Waals surface area contributed by atoms with Gasteiger partial charge in [0.1, 0.15) is 12.3 Å². The number of hydrogen-bond donors (Lipinski definition) is 2. The molecule has 8 nitrogen and oxygen atoms in total. The van der Waals surface area contributed by atoms with Crippen molar-refractivity contribution in [1.29, 1.82) is 0 Å². The van der Waals surface area contributed by atoms with Crippen LogP contribution in [0.15, 0.2) is 30.6 Å². The number of primary amides is 1. The van der Waals surface area contributed by atoms with Crippen molar-refractivity contribution < 1.29 is 18.7 Å². The summed E-state index contributed by atoms with van der Waals surface area (Å²) in [6.45, 7) is 1.93. The molecule has 4 rings (SSSR count). The van der Waals surface area contributed by atoms with E-state index in [-0.39, 0.29) is 12.3 Å². The second-order valence-electron chi connectivity index (χ2n) is 6.50. The zero-order chi connectivity index (χ0) is 19.1. The van der Waals surface area contributed by atoms with Crippen LogP contribution in [0.1, 0.15) is 23.8 Å². The van der Waals surface area contributed by atoms with Crippen LogP contribution in [0.25, 0.3) is 16.3 Å². The number of aromatic nitrogens is 3. The molecule has 3 unspecified atom stereocenters. The Kier molecular flexibility index (Phi) is 4.14. The van der Waals surface area contributed by atoms with E-state index in [9.17, 15) is 14.0 Å². The molecule has 0 saturated carbocycles. The zero-order valence-electron chi connectivity index (χ0n) is 14.6. The first-order valence-electron chi connectivity index (χ1n) is 8.63. The average Bonchev–Trinajstić information content (AvgIpc) is 3.24. The monoisotopic (exact) mass is 371 g/mol. The summed E-state index contributed by atoms with van der Waals surface area (Å²) in [5.41, 5.74) is 6.31. The van der Waals surface area contributed by atoms with Crippen molar-refractivity contribution in [2.45, 2.75) is 25.6 Å². The van der Waals surface area contributed by atoms with E-state index in [0.717, 1.165) is 0 Å². The smallest absolute Gasteiger partial charge is 0.267 e. The van der Waals surface area contributed by atoms with Crippen LogP contribution in [-0.2, 0) is 4.79 Å². The maximum absolute atomic E-state index is 14.0. The van der Waals surface area contributed by atoms with Gasteiger partial charge in [0.05, 0.1) is 23.1 Å². The summed E-state index contributed by atoms with van der Waals surface area (Å²) in [7, 11) is 0. The van der Waals surface area contributed by atoms with E-state index >= 15 is 0 Å². The van der Waals surface area contributed by atoms with Crippen LogP contribution >= 0.6 is 0 Å². The predicted molar refractivity (Wildman–Crippen MR) is 95.1 cm³/mol. The minimum atomic E-state index is -1.52. The van der Waals surface area contributed by atoms with Gasteiger partial charge in [0.2, 0.25) is 5.88 Å². The lowest BCUT2D eigenvalue weighted by atomic mass is 9.97. The standard InChI is InChI=1S/C18H18FN5O3/c1-2-10-11(23-17(26)15(10)19)8-27-18-14-9(3-5-21-18)7-13(16(20)25)24-12(14)4-6-22-24/h3-7,10-11,15H,2,8H2,1H3,(H2,20,25)(H,23,26). The molecular weight excluding hydrogens is 353 g/mol. The Labute approximate surface area is 153 Å². The summed E-state index contributed by atoms with van der Waals surface area (Å²) in [6.07, 6.45) is 2.10. The maximum atomic E-state index is 14.0. The molecular formula is C18H18FN5O3. The molecule has 3 aromatic heterocycles. The van der Waals surface area contributed by atoms with Crippen LogP contribution in [0.2, 0.25) is 0 Å². The van der Waals surface area contributed by atoms with Crippen molar-refractivity contribution in [2.75, 3.05) is 6.61 Å². The minimum Gasteiger partial charge on any atom is -0.475 e. The van der Waals surface area contributed by atoms with Crippen LogP contribution in [0.4, 0.5) is 4.39 Å². The molecule has 1 saturated heterocycles. The van der Waals surface area contributed by atoms with Gasteiger partial charge in [-0.15, -0.1) is 0 Å². The van der Waals surface area contributed by atoms with E-state index in [4.69, 9.17) is 10.5 Å². The van der Waals surface area contributed by atoms with E-state index < -0.39 is 29.9 Å². The Morgan fingerprint density at radius 3 is 2.96 bits per heavy atom. The highest BCUT2D eigenvalue weighted by Gasteiger charge is 2.41. The van der Waals surface area contributed by atoms with E-state index in [1.165, 1.54) is 4.52 Å². The number of nitrogens with zero attached hydrogens (tertiary/aromatic N) is 3. The molecule has 2 amide bonds. The van der Waals surface area contributed by atoms with Gasteiger partial charge >= 0.3 is 0 Å². The number of nitrogens with one attached hydrogen (secondary N) is 1. The number of rotatable bonds is 5. The first-order chi connectivity index (χ1) is 13.0. The fourth-order valence-corrected chi connectivity index (χ4v) is 3.61. The Balaban J connectivity index is 1.72. The number of carbonyl (C=O) groups excluding carboxylic acids is 2. The lowest BCUT2D eigenvalue weighted by Gasteiger charge is -2.19. The van der Waals surface area contributed by atoms with Crippen molar-refractivity contribution in [1.82, 2.24) is 19.9 Å². The SMILES string of the molecule is CCC1C(COc2nccc3cc(C(N)=O)n4nccc4c23)NC(=O)C1F. The summed E-state index contributed by atoms with van der Waals surface area (Å²) < 4.78 is 21.3. The molecule has 3 atom stereocenters. The molecule has 0 spiro atoms. The summed E-state index contributed by atoms with van der Waals surface area (Å²) >= 11 is 0. The highest BCUT2D eigenvalue weighted by molar-refractivity contribution is 6.04. The molecule has 3 N–H and O–H groups in total. The summed E-state index contributed by atoms with van der Waals surface area (Å²) in [4.78, 5) is 27.6. The number of hydrogen-bond acceptors (Lipinski definition) is 5. The topological polar surface area (TPSA) is 112 Å². The van der Waals surface area contributed by atoms with Crippen LogP contribution < -0.4 is 15.8 Å². The van der Waals surface area contributed by atoms with E-state index in [0.29, 0.717) is 28.6 Å². The third kappa shape index (κ3) is 2.75. The molecule has 27 heavy (non-hydrogen) atoms. The second-order valence-corrected chi connectivity index (χ2v) is 6.50. The third-order valence-electron chi connectivity index (χ3n) is 4.96. The van der Waals surface area contributed by atoms with Gasteiger partial charge < -0.3 is 15.8 Å². The van der Waals surface area contributed by atoms with Gasteiger partial charge in [0.15, 0.2) is 6.17 Å². The van der Waals surface area contributed by atoms with Crippen molar-refractivity contribution in [3.8, 4) is 5.88 Å². The number of carbonyl (C=O) groups is 2. The summed E-state index contributed by atoms with van der Waals surface area (Å²) in [5, 5.41) is 8.15. The van der Waals surface area contributed by atoms with Crippen LogP contribution in [-0.4, -0.2) is 45.2 Å². The van der Waals surface area contributed by atoms with Gasteiger partial charge in [-0.2, -0.15) is 5.10 Å². The first-order valence-corrected chi connectivity index (χ1v) is 8.63. The normalized spacial score (nSPS) is 22.3. The number of pyridine rings is 2. The van der Waals surface area contributed by atoms with Crippen molar-refractivity contribution >= 4 is 28.1 Å². The Morgan fingerprint density at radius 1 is 1.41 bits per heavy atom. The highest BCUT2D eigenvalue weighted by atomic mass is 19.1. The van der Waals surface area contributed by atoms with Crippen LogP contribution in [0.3, 0.4) is 0 Å². The number of halogens is 1. The van der Waals surface area contributed by atoms with Crippen molar-refractivity contribution in [3.63, 3.8) is 0 Å². The lowest BCUT2D eigenvalue weighted by molar-refractivity contribution is -0.123. The quantitative estimate of drug-likeness (QED) is 0.700. The molecule has 0 aromatic carbocycles. The molecule has 0 aliphatic carbocycles. The number of fused-ring (bicyclic) bond motifs is 3. The molecule has 3 aromatic rings. The van der Waals surface area contributed by atoms with Gasteiger partial charge in [-0.25, -0.2) is 13.9 Å². The van der Waals surface area contributed by atoms with Crippen LogP contribution in [0.5, 0.6) is 5.88 Å². The number of nitrogens with two attached hydrogens (primary N) is 1. The van der Waals surface area contributed by atoms with Gasteiger partial charge in [-0.05, 0) is 30.0 Å². The number of amides is 2. The molecule has 0 bridgehead atoms. The average molecular weight is 371 g/mol. The molecule has 140 valence electrons. The maximum Gasteiger partial charge on any atom is 0.267 e. The Bertz CT molecular complexity index is 1050. The fourth-order valence-electron chi connectivity index (χ4n) is 3.61. The summed E-state index contributed by atoms with van der Waals surface area (Å²) in [6, 6.07) is 4.66. The van der Waals surface area contributed by atoms with Crippen molar-refractivity contribution in [2.24, 2.45) is 11.7 Å². The molecule has 4 heterocycles. The van der Waals surface area contributed by atoms with E-state index in [1.807, 2.05) is 6.92 Å². The predicted octanol–water partition coefficient (Wildman–Crippen LogP) is 1.22. The van der Waals surface area contributed by atoms with Crippen LogP contribution in [0, 0.1) is 5.92 Å². The molecule has 1 aliphatic rings. The number of alkyl halides is 1. The minimum absolute atomic E-state index is 0.0919. The first kappa shape index (κ1) is 17.2. The van der Waals surface area contributed by atoms with Gasteiger partial charge in [-0.3, -0.25) is 9.59 Å². The summed E-state index contributed by atoms with van der Waals surface area (Å²) in [5.74, 6) is -1.33. The highest BCUT2D eigenvalue weighted by Crippen LogP contribution is 2.30. The van der Waals surface area contributed by atoms with Gasteiger partial charge in [-0.1, -0.05) is 6.92 Å². The second kappa shape index (κ2) is 6.49. The van der Waals surface area contributed by atoms with Gasteiger partial charge in [0.25, 0.3) is 11.8 Å². The third-order valence-corrected chi connectivity index (χ3v) is 4.96. The largest absolute Gasteiger partial charge is 0.475 e. The fraction of sp³-hybridized carbons (Fsp3) is 0.333.